The maximum atomic E-state index is 2.47. The van der Waals surface area contributed by atoms with E-state index >= 15 is 0 Å². The standard InChI is InChI=1S/C20H18Si.2Li/c1-21(2,19-13-11-15-7-3-5-9-17(15)19)20-14-12-16-8-4-6-10-18(16)20;;/h3-14H,1-2H3;;/q-2;2*+1. The van der Waals surface area contributed by atoms with Crippen molar-refractivity contribution >= 4 is 40.0 Å². The van der Waals surface area contributed by atoms with Crippen molar-refractivity contribution in [2.45, 2.75) is 13.1 Å². The predicted octanol–water partition coefficient (Wildman–Crippen LogP) is -1.74. The maximum Gasteiger partial charge on any atom is 1.00 e. The molecule has 0 aromatic heterocycles. The molecular formula is C20H18Li2Si. The predicted molar refractivity (Wildman–Crippen MR) is 95.8 cm³/mol. The van der Waals surface area contributed by atoms with Crippen molar-refractivity contribution in [2.24, 2.45) is 0 Å². The molecule has 0 nitrogen and oxygen atoms in total. The first-order chi connectivity index (χ1) is 10.2. The van der Waals surface area contributed by atoms with Crippen LogP contribution in [-0.4, -0.2) is 8.07 Å². The molecule has 0 saturated heterocycles. The van der Waals surface area contributed by atoms with E-state index in [-0.39, 0.29) is 37.7 Å². The summed E-state index contributed by atoms with van der Waals surface area (Å²) in [5, 5.41) is 8.69. The van der Waals surface area contributed by atoms with Crippen LogP contribution < -0.4 is 48.1 Å². The summed E-state index contributed by atoms with van der Waals surface area (Å²) in [6.45, 7) is 4.94. The molecule has 0 unspecified atom stereocenters. The number of benzene rings is 2. The fourth-order valence-corrected chi connectivity index (χ4v) is 6.63. The third-order valence-corrected chi connectivity index (χ3v) is 8.27. The van der Waals surface area contributed by atoms with E-state index in [0.29, 0.717) is 0 Å². The van der Waals surface area contributed by atoms with Crippen molar-refractivity contribution in [3.63, 3.8) is 0 Å². The average Bonchev–Trinajstić information content (AvgIpc) is 3.12. The molecule has 4 aromatic rings. The van der Waals surface area contributed by atoms with Crippen LogP contribution in [0.5, 0.6) is 0 Å². The minimum Gasteiger partial charge on any atom is -0.151 e. The molecule has 0 N–H and O–H groups in total. The summed E-state index contributed by atoms with van der Waals surface area (Å²) >= 11 is 0. The van der Waals surface area contributed by atoms with Gasteiger partial charge < -0.3 is 0 Å². The van der Waals surface area contributed by atoms with Crippen molar-refractivity contribution in [3.8, 4) is 0 Å². The van der Waals surface area contributed by atoms with Gasteiger partial charge in [-0.2, -0.15) is 12.1 Å². The Morgan fingerprint density at radius 1 is 0.609 bits per heavy atom. The molecule has 0 spiro atoms. The number of fused-ring (bicyclic) bond motifs is 2. The Labute approximate surface area is 163 Å². The summed E-state index contributed by atoms with van der Waals surface area (Å²) in [5.74, 6) is 0. The van der Waals surface area contributed by atoms with Crippen molar-refractivity contribution < 1.29 is 37.7 Å². The Bertz CT molecular complexity index is 855. The van der Waals surface area contributed by atoms with Gasteiger partial charge in [0.1, 0.15) is 0 Å². The molecule has 0 atom stereocenters. The molecule has 4 rings (SSSR count). The zero-order chi connectivity index (χ0) is 14.4. The molecule has 4 aromatic carbocycles. The molecule has 0 bridgehead atoms. The molecule has 0 fully saturated rings. The van der Waals surface area contributed by atoms with E-state index in [1.807, 2.05) is 0 Å². The summed E-state index contributed by atoms with van der Waals surface area (Å²) in [5.41, 5.74) is 0. The monoisotopic (exact) mass is 300 g/mol. The van der Waals surface area contributed by atoms with Gasteiger partial charge in [0, 0.05) is 8.07 Å². The minimum absolute atomic E-state index is 0. The topological polar surface area (TPSA) is 0 Å². The molecule has 0 aliphatic heterocycles. The first kappa shape index (κ1) is 18.4. The van der Waals surface area contributed by atoms with E-state index in [4.69, 9.17) is 0 Å². The molecule has 0 aliphatic rings. The molecule has 3 heteroatoms. The zero-order valence-electron chi connectivity index (χ0n) is 14.4. The molecule has 0 heterocycles. The number of hydrogen-bond donors (Lipinski definition) is 0. The summed E-state index contributed by atoms with van der Waals surface area (Å²) in [4.78, 5) is 0. The van der Waals surface area contributed by atoms with Gasteiger partial charge in [0.05, 0.1) is 0 Å². The van der Waals surface area contributed by atoms with Gasteiger partial charge in [-0.15, -0.1) is 81.8 Å². The summed E-state index contributed by atoms with van der Waals surface area (Å²) < 4.78 is 0. The fourth-order valence-electron chi connectivity index (χ4n) is 3.54. The van der Waals surface area contributed by atoms with Gasteiger partial charge in [-0.05, 0) is 0 Å². The van der Waals surface area contributed by atoms with E-state index < -0.39 is 8.07 Å². The Hall–Kier alpha value is -0.928. The third kappa shape index (κ3) is 2.94. The molecule has 23 heavy (non-hydrogen) atoms. The summed E-state index contributed by atoms with van der Waals surface area (Å²) in [6.07, 6.45) is 0. The Kier molecular flexibility index (Phi) is 5.52. The molecule has 0 radical (unpaired) electrons. The van der Waals surface area contributed by atoms with Crippen LogP contribution in [0.4, 0.5) is 0 Å². The van der Waals surface area contributed by atoms with Crippen LogP contribution in [0.25, 0.3) is 21.5 Å². The van der Waals surface area contributed by atoms with Crippen LogP contribution >= 0.6 is 0 Å². The first-order valence-corrected chi connectivity index (χ1v) is 10.5. The summed E-state index contributed by atoms with van der Waals surface area (Å²) in [6, 6.07) is 26.7. The van der Waals surface area contributed by atoms with E-state index in [1.165, 1.54) is 21.5 Å². The third-order valence-electron chi connectivity index (χ3n) is 4.71. The van der Waals surface area contributed by atoms with Gasteiger partial charge in [-0.25, -0.2) is 0 Å². The average molecular weight is 300 g/mol. The van der Waals surface area contributed by atoms with Crippen LogP contribution in [0.3, 0.4) is 0 Å². The van der Waals surface area contributed by atoms with Crippen molar-refractivity contribution in [1.82, 2.24) is 0 Å². The van der Waals surface area contributed by atoms with Crippen molar-refractivity contribution in [1.29, 1.82) is 0 Å². The molecule has 0 aliphatic carbocycles. The van der Waals surface area contributed by atoms with Crippen LogP contribution in [0.1, 0.15) is 0 Å². The number of rotatable bonds is 2. The normalized spacial score (nSPS) is 11.2. The van der Waals surface area contributed by atoms with Crippen LogP contribution in [0.2, 0.25) is 13.1 Å². The quantitative estimate of drug-likeness (QED) is 0.305. The van der Waals surface area contributed by atoms with Crippen molar-refractivity contribution in [2.75, 3.05) is 0 Å². The molecule has 104 valence electrons. The first-order valence-electron chi connectivity index (χ1n) is 7.48. The Morgan fingerprint density at radius 2 is 1.04 bits per heavy atom. The number of hydrogen-bond acceptors (Lipinski definition) is 0. The van der Waals surface area contributed by atoms with Gasteiger partial charge in [-0.1, -0.05) is 23.9 Å². The van der Waals surface area contributed by atoms with E-state index in [9.17, 15) is 0 Å². The van der Waals surface area contributed by atoms with E-state index in [1.54, 1.807) is 10.4 Å². The minimum atomic E-state index is -1.68. The Morgan fingerprint density at radius 3 is 1.48 bits per heavy atom. The van der Waals surface area contributed by atoms with E-state index in [0.717, 1.165) is 0 Å². The van der Waals surface area contributed by atoms with Gasteiger partial charge >= 0.3 is 37.7 Å². The molecule has 0 amide bonds. The fraction of sp³-hybridized carbons (Fsp3) is 0.100. The second kappa shape index (κ2) is 6.90. The molecular weight excluding hydrogens is 282 g/mol. The zero-order valence-corrected chi connectivity index (χ0v) is 15.4. The van der Waals surface area contributed by atoms with Crippen molar-refractivity contribution in [3.05, 3.63) is 72.8 Å². The second-order valence-corrected chi connectivity index (χ2v) is 10.6. The second-order valence-electron chi connectivity index (χ2n) is 6.29. The Balaban J connectivity index is 0.000000960. The van der Waals surface area contributed by atoms with Crippen LogP contribution in [0, 0.1) is 0 Å². The van der Waals surface area contributed by atoms with Gasteiger partial charge in [0.25, 0.3) is 0 Å². The molecule has 0 saturated carbocycles. The van der Waals surface area contributed by atoms with E-state index in [2.05, 4.69) is 85.9 Å². The van der Waals surface area contributed by atoms with Gasteiger partial charge in [-0.3, -0.25) is 0 Å². The maximum absolute atomic E-state index is 2.47. The van der Waals surface area contributed by atoms with Gasteiger partial charge in [0.15, 0.2) is 0 Å². The smallest absolute Gasteiger partial charge is 0.151 e. The van der Waals surface area contributed by atoms with Crippen LogP contribution in [-0.2, 0) is 0 Å². The van der Waals surface area contributed by atoms with Gasteiger partial charge in [0.2, 0.25) is 0 Å². The SMILES string of the molecule is C[Si](C)(c1cc[c-]2ccccc12)c1cc[c-]2ccccc12.[Li+].[Li+]. The summed E-state index contributed by atoms with van der Waals surface area (Å²) in [7, 11) is -1.68. The largest absolute Gasteiger partial charge is 1.00 e. The van der Waals surface area contributed by atoms with Crippen LogP contribution in [0.15, 0.2) is 72.8 Å².